The number of rotatable bonds is 6. The van der Waals surface area contributed by atoms with E-state index >= 15 is 0 Å². The van der Waals surface area contributed by atoms with E-state index < -0.39 is 5.97 Å². The van der Waals surface area contributed by atoms with Crippen molar-refractivity contribution in [2.45, 2.75) is 50.9 Å². The first-order valence-corrected chi connectivity index (χ1v) is 9.91. The number of hydrogen-bond acceptors (Lipinski definition) is 4. The second-order valence-corrected chi connectivity index (χ2v) is 7.38. The lowest BCUT2D eigenvalue weighted by Gasteiger charge is -2.25. The van der Waals surface area contributed by atoms with Gasteiger partial charge < -0.3 is 15.0 Å². The second kappa shape index (κ2) is 9.53. The molecule has 2 aliphatic rings. The van der Waals surface area contributed by atoms with Crippen LogP contribution in [-0.4, -0.2) is 48.9 Å². The van der Waals surface area contributed by atoms with Gasteiger partial charge in [0.1, 0.15) is 6.54 Å². The molecule has 0 radical (unpaired) electrons. The van der Waals surface area contributed by atoms with E-state index in [1.807, 2.05) is 12.1 Å². The van der Waals surface area contributed by atoms with Gasteiger partial charge in [-0.15, -0.1) is 0 Å². The molecule has 1 aromatic rings. The van der Waals surface area contributed by atoms with Crippen molar-refractivity contribution >= 4 is 17.8 Å². The number of fused-ring (bicyclic) bond motifs is 1. The summed E-state index contributed by atoms with van der Waals surface area (Å²) in [7, 11) is 0. The third-order valence-electron chi connectivity index (χ3n) is 5.39. The Labute approximate surface area is 160 Å². The first-order valence-electron chi connectivity index (χ1n) is 9.91. The predicted octanol–water partition coefficient (Wildman–Crippen LogP) is 2.17. The Balaban J connectivity index is 1.40. The number of esters is 1. The first-order chi connectivity index (χ1) is 13.1. The zero-order valence-electron chi connectivity index (χ0n) is 15.7. The molecule has 1 heterocycles. The Morgan fingerprint density at radius 3 is 2.85 bits per heavy atom. The summed E-state index contributed by atoms with van der Waals surface area (Å²) >= 11 is 0. The third kappa shape index (κ3) is 5.55. The molecule has 0 spiro atoms. The smallest absolute Gasteiger partial charge is 0.326 e. The number of likely N-dealkylation sites (tertiary alicyclic amines) is 1. The third-order valence-corrected chi connectivity index (χ3v) is 5.39. The molecule has 6 nitrogen and oxygen atoms in total. The SMILES string of the molecule is O=C(COC(=O)CN1CCCCCC1=O)NCC1CCCc2ccccc21. The molecular weight excluding hydrogens is 344 g/mol. The van der Waals surface area contributed by atoms with Gasteiger partial charge in [0.2, 0.25) is 5.91 Å². The van der Waals surface area contributed by atoms with Crippen LogP contribution < -0.4 is 5.32 Å². The minimum absolute atomic E-state index is 0.00938. The van der Waals surface area contributed by atoms with Crippen LogP contribution in [0.5, 0.6) is 0 Å². The van der Waals surface area contributed by atoms with Gasteiger partial charge in [0, 0.05) is 25.4 Å². The Kier molecular flexibility index (Phi) is 6.85. The number of carbonyl (C=O) groups is 3. The van der Waals surface area contributed by atoms with Crippen LogP contribution in [0.25, 0.3) is 0 Å². The molecule has 3 rings (SSSR count). The molecule has 1 N–H and O–H groups in total. The van der Waals surface area contributed by atoms with Gasteiger partial charge in [-0.2, -0.15) is 0 Å². The second-order valence-electron chi connectivity index (χ2n) is 7.38. The molecule has 0 saturated carbocycles. The van der Waals surface area contributed by atoms with E-state index in [1.165, 1.54) is 16.0 Å². The molecule has 1 saturated heterocycles. The Bertz CT molecular complexity index is 689. The van der Waals surface area contributed by atoms with Gasteiger partial charge in [0.15, 0.2) is 6.61 Å². The molecule has 146 valence electrons. The van der Waals surface area contributed by atoms with Gasteiger partial charge in [0.25, 0.3) is 5.91 Å². The zero-order chi connectivity index (χ0) is 19.1. The number of aryl methyl sites for hydroxylation is 1. The molecule has 27 heavy (non-hydrogen) atoms. The molecule has 1 aliphatic heterocycles. The number of carbonyl (C=O) groups excluding carboxylic acids is 3. The number of hydrogen-bond donors (Lipinski definition) is 1. The topological polar surface area (TPSA) is 75.7 Å². The van der Waals surface area contributed by atoms with Crippen LogP contribution in [0.4, 0.5) is 0 Å². The number of amides is 2. The monoisotopic (exact) mass is 372 g/mol. The summed E-state index contributed by atoms with van der Waals surface area (Å²) in [4.78, 5) is 37.4. The maximum absolute atomic E-state index is 12.0. The first kappa shape index (κ1) is 19.4. The Morgan fingerprint density at radius 2 is 1.96 bits per heavy atom. The van der Waals surface area contributed by atoms with Gasteiger partial charge in [0.05, 0.1) is 0 Å². The van der Waals surface area contributed by atoms with E-state index in [4.69, 9.17) is 4.74 Å². The Hall–Kier alpha value is -2.37. The van der Waals surface area contributed by atoms with Crippen LogP contribution in [0.2, 0.25) is 0 Å². The molecule has 0 aromatic heterocycles. The quantitative estimate of drug-likeness (QED) is 0.777. The molecule has 1 aliphatic carbocycles. The van der Waals surface area contributed by atoms with Gasteiger partial charge in [-0.25, -0.2) is 0 Å². The van der Waals surface area contributed by atoms with Crippen molar-refractivity contribution in [1.82, 2.24) is 10.2 Å². The molecule has 6 heteroatoms. The fourth-order valence-corrected chi connectivity index (χ4v) is 3.91. The molecule has 1 atom stereocenters. The largest absolute Gasteiger partial charge is 0.454 e. The highest BCUT2D eigenvalue weighted by atomic mass is 16.5. The summed E-state index contributed by atoms with van der Waals surface area (Å²) in [6, 6.07) is 8.36. The number of nitrogens with one attached hydrogen (secondary N) is 1. The number of nitrogens with zero attached hydrogens (tertiary/aromatic N) is 1. The summed E-state index contributed by atoms with van der Waals surface area (Å²) in [6.07, 6.45) is 6.53. The van der Waals surface area contributed by atoms with Crippen LogP contribution in [0.1, 0.15) is 55.6 Å². The van der Waals surface area contributed by atoms with Crippen molar-refractivity contribution in [3.8, 4) is 0 Å². The average molecular weight is 372 g/mol. The van der Waals surface area contributed by atoms with Crippen molar-refractivity contribution < 1.29 is 19.1 Å². The van der Waals surface area contributed by atoms with Crippen LogP contribution in [0.15, 0.2) is 24.3 Å². The molecule has 1 unspecified atom stereocenters. The van der Waals surface area contributed by atoms with E-state index in [2.05, 4.69) is 17.4 Å². The van der Waals surface area contributed by atoms with Gasteiger partial charge in [-0.1, -0.05) is 30.7 Å². The lowest BCUT2D eigenvalue weighted by molar-refractivity contribution is -0.152. The predicted molar refractivity (Wildman–Crippen MR) is 101 cm³/mol. The van der Waals surface area contributed by atoms with Crippen LogP contribution in [-0.2, 0) is 25.5 Å². The highest BCUT2D eigenvalue weighted by Gasteiger charge is 2.22. The van der Waals surface area contributed by atoms with Crippen molar-refractivity contribution in [2.24, 2.45) is 0 Å². The molecular formula is C21H28N2O4. The maximum Gasteiger partial charge on any atom is 0.326 e. The summed E-state index contributed by atoms with van der Waals surface area (Å²) in [5.74, 6) is -0.522. The molecule has 0 bridgehead atoms. The normalized spacial score (nSPS) is 19.8. The highest BCUT2D eigenvalue weighted by molar-refractivity contribution is 5.84. The fourth-order valence-electron chi connectivity index (χ4n) is 3.91. The van der Waals surface area contributed by atoms with Gasteiger partial charge in [-0.05, 0) is 43.2 Å². The van der Waals surface area contributed by atoms with Crippen molar-refractivity contribution in [2.75, 3.05) is 26.2 Å². The van der Waals surface area contributed by atoms with Crippen molar-refractivity contribution in [3.05, 3.63) is 35.4 Å². The summed E-state index contributed by atoms with van der Waals surface area (Å²) in [5.41, 5.74) is 2.66. The fraction of sp³-hybridized carbons (Fsp3) is 0.571. The van der Waals surface area contributed by atoms with E-state index in [9.17, 15) is 14.4 Å². The molecule has 1 fully saturated rings. The van der Waals surface area contributed by atoms with Crippen molar-refractivity contribution in [1.29, 1.82) is 0 Å². The van der Waals surface area contributed by atoms with Crippen molar-refractivity contribution in [3.63, 3.8) is 0 Å². The lowest BCUT2D eigenvalue weighted by atomic mass is 9.83. The molecule has 1 aromatic carbocycles. The lowest BCUT2D eigenvalue weighted by Crippen LogP contribution is -2.38. The van der Waals surface area contributed by atoms with E-state index in [-0.39, 0.29) is 25.0 Å². The average Bonchev–Trinajstić information content (AvgIpc) is 2.89. The minimum Gasteiger partial charge on any atom is -0.454 e. The maximum atomic E-state index is 12.0. The minimum atomic E-state index is -0.525. The van der Waals surface area contributed by atoms with Crippen LogP contribution in [0, 0.1) is 0 Å². The standard InChI is InChI=1S/C21H28N2O4/c24-19(15-27-21(26)14-23-12-5-1-2-11-20(23)25)22-13-17-9-6-8-16-7-3-4-10-18(16)17/h3-4,7,10,17H,1-2,5-6,8-9,11-15H2,(H,22,24). The van der Waals surface area contributed by atoms with Crippen LogP contribution in [0.3, 0.4) is 0 Å². The van der Waals surface area contributed by atoms with E-state index in [0.717, 1.165) is 38.5 Å². The van der Waals surface area contributed by atoms with E-state index in [1.54, 1.807) is 0 Å². The highest BCUT2D eigenvalue weighted by Crippen LogP contribution is 2.30. The number of benzene rings is 1. The summed E-state index contributed by atoms with van der Waals surface area (Å²) in [5, 5.41) is 2.87. The van der Waals surface area contributed by atoms with E-state index in [0.29, 0.717) is 25.4 Å². The van der Waals surface area contributed by atoms with Gasteiger partial charge in [-0.3, -0.25) is 14.4 Å². The van der Waals surface area contributed by atoms with Crippen LogP contribution >= 0.6 is 0 Å². The summed E-state index contributed by atoms with van der Waals surface area (Å²) < 4.78 is 5.06. The van der Waals surface area contributed by atoms with Gasteiger partial charge >= 0.3 is 5.97 Å². The number of ether oxygens (including phenoxy) is 1. The molecule has 2 amide bonds. The summed E-state index contributed by atoms with van der Waals surface area (Å²) in [6.45, 7) is 0.774. The zero-order valence-corrected chi connectivity index (χ0v) is 15.7. The Morgan fingerprint density at radius 1 is 1.11 bits per heavy atom.